The van der Waals surface area contributed by atoms with Crippen molar-refractivity contribution in [2.45, 2.75) is 51.0 Å². The number of halogens is 5. The number of carbonyl (C=O) groups excluding carboxylic acids is 1. The predicted octanol–water partition coefficient (Wildman–Crippen LogP) is 4.39. The Labute approximate surface area is 131 Å². The van der Waals surface area contributed by atoms with E-state index in [4.69, 9.17) is 0 Å². The molecule has 0 aromatic heterocycles. The third-order valence-corrected chi connectivity index (χ3v) is 3.65. The zero-order valence-corrected chi connectivity index (χ0v) is 12.7. The summed E-state index contributed by atoms with van der Waals surface area (Å²) in [7, 11) is 0. The predicted molar refractivity (Wildman–Crippen MR) is 72.7 cm³/mol. The Bertz CT molecular complexity index is 472. The van der Waals surface area contributed by atoms with Crippen LogP contribution in [0.3, 0.4) is 0 Å². The van der Waals surface area contributed by atoms with Gasteiger partial charge in [0.15, 0.2) is 0 Å². The van der Waals surface area contributed by atoms with Crippen LogP contribution < -0.4 is 0 Å². The summed E-state index contributed by atoms with van der Waals surface area (Å²) in [6.07, 6.45) is -7.01. The second-order valence-corrected chi connectivity index (χ2v) is 5.55. The second-order valence-electron chi connectivity index (χ2n) is 5.55. The number of alkyl halides is 5. The maximum Gasteiger partial charge on any atom is 0.462 e. The Morgan fingerprint density at radius 3 is 2.39 bits per heavy atom. The molecule has 23 heavy (non-hydrogen) atoms. The van der Waals surface area contributed by atoms with Crippen molar-refractivity contribution in [3.63, 3.8) is 0 Å². The highest BCUT2D eigenvalue weighted by Crippen LogP contribution is 2.41. The minimum Gasteiger partial charge on any atom is -0.415 e. The minimum atomic E-state index is -5.59. The van der Waals surface area contributed by atoms with E-state index >= 15 is 0 Å². The highest BCUT2D eigenvalue weighted by atomic mass is 19.4. The summed E-state index contributed by atoms with van der Waals surface area (Å²) in [5.41, 5.74) is 0.206. The average molecular weight is 342 g/mol. The number of hydrogen-bond donors (Lipinski definition) is 0. The van der Waals surface area contributed by atoms with Crippen molar-refractivity contribution < 1.29 is 36.2 Å². The van der Waals surface area contributed by atoms with Crippen LogP contribution in [0.2, 0.25) is 0 Å². The summed E-state index contributed by atoms with van der Waals surface area (Å²) in [6.45, 7) is 7.21. The molecule has 0 heterocycles. The molecule has 2 atom stereocenters. The Morgan fingerprint density at radius 2 is 1.96 bits per heavy atom. The van der Waals surface area contributed by atoms with E-state index in [0.717, 1.165) is 19.8 Å². The first-order valence-electron chi connectivity index (χ1n) is 7.06. The van der Waals surface area contributed by atoms with Gasteiger partial charge >= 0.3 is 24.4 Å². The first-order chi connectivity index (χ1) is 10.5. The minimum absolute atomic E-state index is 0.440. The molecule has 8 heteroatoms. The molecule has 3 nitrogen and oxygen atoms in total. The lowest BCUT2D eigenvalue weighted by molar-refractivity contribution is -0.401. The van der Waals surface area contributed by atoms with Crippen molar-refractivity contribution in [2.24, 2.45) is 5.92 Å². The van der Waals surface area contributed by atoms with Crippen molar-refractivity contribution in [1.29, 1.82) is 0 Å². The molecule has 0 spiro atoms. The van der Waals surface area contributed by atoms with Gasteiger partial charge in [-0.15, -0.1) is 0 Å². The number of ether oxygens (including phenoxy) is 2. The van der Waals surface area contributed by atoms with Crippen molar-refractivity contribution in [3.05, 3.63) is 24.3 Å². The molecule has 0 aliphatic heterocycles. The highest BCUT2D eigenvalue weighted by Gasteiger charge is 2.67. The van der Waals surface area contributed by atoms with Crippen LogP contribution in [0.25, 0.3) is 0 Å². The van der Waals surface area contributed by atoms with E-state index < -0.39 is 42.5 Å². The van der Waals surface area contributed by atoms with E-state index in [1.165, 1.54) is 0 Å². The zero-order chi connectivity index (χ0) is 17.8. The van der Waals surface area contributed by atoms with E-state index in [2.05, 4.69) is 22.6 Å². The van der Waals surface area contributed by atoms with Gasteiger partial charge in [0.05, 0.1) is 6.61 Å². The highest BCUT2D eigenvalue weighted by molar-refractivity contribution is 5.87. The molecule has 0 aromatic rings. The fourth-order valence-electron chi connectivity index (χ4n) is 2.20. The lowest BCUT2D eigenvalue weighted by Crippen LogP contribution is -2.57. The van der Waals surface area contributed by atoms with Crippen LogP contribution in [-0.4, -0.2) is 31.0 Å². The number of esters is 1. The summed E-state index contributed by atoms with van der Waals surface area (Å²) >= 11 is 0. The SMILES string of the molecule is C=C(C)C(=O)OC(OCC1CCCCC1=C)(C(F)F)C(F)(F)F. The molecule has 1 saturated carbocycles. The molecule has 0 bridgehead atoms. The van der Waals surface area contributed by atoms with Crippen LogP contribution in [0.5, 0.6) is 0 Å². The van der Waals surface area contributed by atoms with Crippen molar-refractivity contribution >= 4 is 5.97 Å². The third-order valence-electron chi connectivity index (χ3n) is 3.65. The second kappa shape index (κ2) is 7.42. The van der Waals surface area contributed by atoms with Gasteiger partial charge in [-0.25, -0.2) is 13.6 Å². The van der Waals surface area contributed by atoms with Crippen LogP contribution in [0.1, 0.15) is 32.6 Å². The molecule has 132 valence electrons. The molecule has 0 radical (unpaired) electrons. The van der Waals surface area contributed by atoms with Gasteiger partial charge in [-0.05, 0) is 26.2 Å². The van der Waals surface area contributed by atoms with Gasteiger partial charge < -0.3 is 9.47 Å². The molecular weight excluding hydrogens is 323 g/mol. The van der Waals surface area contributed by atoms with Crippen LogP contribution in [0, 0.1) is 5.92 Å². The Morgan fingerprint density at radius 1 is 1.35 bits per heavy atom. The molecular formula is C15H19F5O3. The smallest absolute Gasteiger partial charge is 0.415 e. The quantitative estimate of drug-likeness (QED) is 0.236. The number of rotatable bonds is 6. The first kappa shape index (κ1) is 19.6. The van der Waals surface area contributed by atoms with Crippen LogP contribution >= 0.6 is 0 Å². The van der Waals surface area contributed by atoms with Gasteiger partial charge in [0.1, 0.15) is 0 Å². The lowest BCUT2D eigenvalue weighted by atomic mass is 9.86. The topological polar surface area (TPSA) is 35.5 Å². The van der Waals surface area contributed by atoms with Gasteiger partial charge in [0.25, 0.3) is 0 Å². The van der Waals surface area contributed by atoms with E-state index in [1.807, 2.05) is 0 Å². The molecule has 0 N–H and O–H groups in total. The Balaban J connectivity index is 3.00. The number of hydrogen-bond acceptors (Lipinski definition) is 3. The molecule has 0 saturated heterocycles. The first-order valence-corrected chi connectivity index (χ1v) is 7.06. The van der Waals surface area contributed by atoms with E-state index in [-0.39, 0.29) is 0 Å². The summed E-state index contributed by atoms with van der Waals surface area (Å²) in [5.74, 6) is -6.38. The molecule has 1 rings (SSSR count). The maximum atomic E-state index is 13.2. The van der Waals surface area contributed by atoms with E-state index in [0.29, 0.717) is 18.4 Å². The van der Waals surface area contributed by atoms with Gasteiger partial charge in [0, 0.05) is 11.5 Å². The zero-order valence-electron chi connectivity index (χ0n) is 12.7. The van der Waals surface area contributed by atoms with Gasteiger partial charge in [0.2, 0.25) is 0 Å². The monoisotopic (exact) mass is 342 g/mol. The molecule has 1 aliphatic rings. The van der Waals surface area contributed by atoms with Crippen molar-refractivity contribution in [2.75, 3.05) is 6.61 Å². The molecule has 0 aromatic carbocycles. The van der Waals surface area contributed by atoms with Crippen LogP contribution in [0.15, 0.2) is 24.3 Å². The van der Waals surface area contributed by atoms with Crippen molar-refractivity contribution in [3.8, 4) is 0 Å². The van der Waals surface area contributed by atoms with Crippen LogP contribution in [-0.2, 0) is 14.3 Å². The van der Waals surface area contributed by atoms with Gasteiger partial charge in [-0.1, -0.05) is 25.2 Å². The summed E-state index contributed by atoms with van der Waals surface area (Å²) in [6, 6.07) is 0. The molecule has 2 unspecified atom stereocenters. The lowest BCUT2D eigenvalue weighted by Gasteiger charge is -2.35. The normalized spacial score (nSPS) is 21.9. The summed E-state index contributed by atoms with van der Waals surface area (Å²) in [5, 5.41) is 0. The molecule has 1 aliphatic carbocycles. The van der Waals surface area contributed by atoms with Crippen LogP contribution in [0.4, 0.5) is 22.0 Å². The van der Waals surface area contributed by atoms with Gasteiger partial charge in [-0.2, -0.15) is 13.2 Å². The fraction of sp³-hybridized carbons (Fsp3) is 0.667. The average Bonchev–Trinajstić information content (AvgIpc) is 2.42. The Kier molecular flexibility index (Phi) is 6.33. The Hall–Kier alpha value is -1.44. The fourth-order valence-corrected chi connectivity index (χ4v) is 2.20. The number of carbonyl (C=O) groups is 1. The standard InChI is InChI=1S/C15H19F5O3/c1-9(2)12(21)23-14(13(16)17,15(18,19)20)22-8-11-7-5-4-6-10(11)3/h11,13H,1,3-8H2,2H3. The largest absolute Gasteiger partial charge is 0.462 e. The van der Waals surface area contributed by atoms with Gasteiger partial charge in [-0.3, -0.25) is 0 Å². The third kappa shape index (κ3) is 4.53. The van der Waals surface area contributed by atoms with Crippen molar-refractivity contribution in [1.82, 2.24) is 0 Å². The molecule has 0 amide bonds. The van der Waals surface area contributed by atoms with E-state index in [9.17, 15) is 26.7 Å². The summed E-state index contributed by atoms with van der Waals surface area (Å²) < 4.78 is 74.3. The van der Waals surface area contributed by atoms with E-state index in [1.54, 1.807) is 0 Å². The molecule has 1 fully saturated rings. The maximum absolute atomic E-state index is 13.2. The summed E-state index contributed by atoms with van der Waals surface area (Å²) in [4.78, 5) is 11.4.